The molecule has 0 amide bonds. The molecule has 0 saturated heterocycles. The standard InChI is InChI=1S/C16H22O6/c17-7-5-13-1-3-15(21-13)11-19-9-10-20-12-16-4-2-14(22-16)6-8-18/h1-4,17-18H,5-12H2. The summed E-state index contributed by atoms with van der Waals surface area (Å²) in [5.74, 6) is 2.99. The van der Waals surface area contributed by atoms with Crippen molar-refractivity contribution in [3.63, 3.8) is 0 Å². The van der Waals surface area contributed by atoms with Crippen LogP contribution in [0.1, 0.15) is 23.0 Å². The first-order valence-electron chi connectivity index (χ1n) is 7.34. The van der Waals surface area contributed by atoms with Crippen molar-refractivity contribution in [3.05, 3.63) is 47.3 Å². The fourth-order valence-corrected chi connectivity index (χ4v) is 1.95. The van der Waals surface area contributed by atoms with E-state index in [4.69, 9.17) is 28.5 Å². The minimum absolute atomic E-state index is 0.0778. The fourth-order valence-electron chi connectivity index (χ4n) is 1.95. The molecular formula is C16H22O6. The van der Waals surface area contributed by atoms with E-state index >= 15 is 0 Å². The molecule has 0 aliphatic carbocycles. The van der Waals surface area contributed by atoms with E-state index in [1.807, 2.05) is 24.3 Å². The molecule has 0 radical (unpaired) electrons. The number of aliphatic hydroxyl groups is 2. The summed E-state index contributed by atoms with van der Waals surface area (Å²) in [4.78, 5) is 0. The Kier molecular flexibility index (Phi) is 7.18. The molecule has 0 fully saturated rings. The monoisotopic (exact) mass is 310 g/mol. The van der Waals surface area contributed by atoms with Crippen LogP contribution in [0.15, 0.2) is 33.1 Å². The highest BCUT2D eigenvalue weighted by molar-refractivity contribution is 5.07. The molecule has 2 aromatic heterocycles. The maximum Gasteiger partial charge on any atom is 0.129 e. The Morgan fingerprint density at radius 2 is 1.09 bits per heavy atom. The van der Waals surface area contributed by atoms with Crippen LogP contribution in [0, 0.1) is 0 Å². The molecule has 0 aliphatic heterocycles. The highest BCUT2D eigenvalue weighted by atomic mass is 16.5. The Bertz CT molecular complexity index is 482. The lowest BCUT2D eigenvalue weighted by Gasteiger charge is -2.03. The van der Waals surface area contributed by atoms with Gasteiger partial charge in [-0.25, -0.2) is 0 Å². The van der Waals surface area contributed by atoms with Crippen LogP contribution in [0.4, 0.5) is 0 Å². The van der Waals surface area contributed by atoms with Gasteiger partial charge < -0.3 is 28.5 Å². The van der Waals surface area contributed by atoms with Crippen molar-refractivity contribution in [1.82, 2.24) is 0 Å². The fraction of sp³-hybridized carbons (Fsp3) is 0.500. The summed E-state index contributed by atoms with van der Waals surface area (Å²) in [7, 11) is 0. The van der Waals surface area contributed by atoms with E-state index in [9.17, 15) is 0 Å². The second-order valence-corrected chi connectivity index (χ2v) is 4.79. The molecule has 0 bridgehead atoms. The molecule has 22 heavy (non-hydrogen) atoms. The zero-order valence-electron chi connectivity index (χ0n) is 12.5. The maximum absolute atomic E-state index is 8.80. The van der Waals surface area contributed by atoms with Gasteiger partial charge in [0.05, 0.1) is 26.4 Å². The first-order valence-corrected chi connectivity index (χ1v) is 7.34. The lowest BCUT2D eigenvalue weighted by molar-refractivity contribution is 0.0231. The molecule has 0 spiro atoms. The molecule has 2 N–H and O–H groups in total. The molecule has 2 heterocycles. The Balaban J connectivity index is 1.54. The lowest BCUT2D eigenvalue weighted by atomic mass is 10.3. The van der Waals surface area contributed by atoms with Gasteiger partial charge in [0.2, 0.25) is 0 Å². The third kappa shape index (κ3) is 5.65. The van der Waals surface area contributed by atoms with E-state index in [2.05, 4.69) is 0 Å². The highest BCUT2D eigenvalue weighted by Gasteiger charge is 2.03. The first kappa shape index (κ1) is 16.8. The van der Waals surface area contributed by atoms with E-state index in [1.165, 1.54) is 0 Å². The molecule has 0 unspecified atom stereocenters. The van der Waals surface area contributed by atoms with Gasteiger partial charge in [0.25, 0.3) is 0 Å². The Labute approximate surface area is 129 Å². The van der Waals surface area contributed by atoms with Gasteiger partial charge in [-0.15, -0.1) is 0 Å². The molecule has 6 heteroatoms. The van der Waals surface area contributed by atoms with Gasteiger partial charge in [-0.3, -0.25) is 0 Å². The van der Waals surface area contributed by atoms with Crippen LogP contribution in [0.3, 0.4) is 0 Å². The zero-order valence-corrected chi connectivity index (χ0v) is 12.5. The minimum Gasteiger partial charge on any atom is -0.464 e. The normalized spacial score (nSPS) is 11.2. The molecule has 122 valence electrons. The summed E-state index contributed by atoms with van der Waals surface area (Å²) < 4.78 is 21.8. The van der Waals surface area contributed by atoms with Crippen molar-refractivity contribution >= 4 is 0 Å². The number of rotatable bonds is 11. The van der Waals surface area contributed by atoms with E-state index in [0.29, 0.717) is 39.3 Å². The maximum atomic E-state index is 8.80. The molecule has 0 aromatic carbocycles. The second kappa shape index (κ2) is 9.42. The van der Waals surface area contributed by atoms with Crippen LogP contribution in [0.2, 0.25) is 0 Å². The summed E-state index contributed by atoms with van der Waals surface area (Å²) in [5, 5.41) is 17.6. The van der Waals surface area contributed by atoms with E-state index < -0.39 is 0 Å². The van der Waals surface area contributed by atoms with Crippen molar-refractivity contribution in [3.8, 4) is 0 Å². The molecule has 6 nitrogen and oxygen atoms in total. The van der Waals surface area contributed by atoms with Gasteiger partial charge in [0, 0.05) is 12.8 Å². The molecular weight excluding hydrogens is 288 g/mol. The zero-order chi connectivity index (χ0) is 15.6. The van der Waals surface area contributed by atoms with E-state index in [-0.39, 0.29) is 13.2 Å². The molecule has 2 rings (SSSR count). The Morgan fingerprint density at radius 3 is 1.50 bits per heavy atom. The SMILES string of the molecule is OCCc1ccc(COCCOCc2ccc(CCO)o2)o1. The van der Waals surface area contributed by atoms with Crippen LogP contribution >= 0.6 is 0 Å². The van der Waals surface area contributed by atoms with Crippen LogP contribution < -0.4 is 0 Å². The topological polar surface area (TPSA) is 85.2 Å². The van der Waals surface area contributed by atoms with Crippen molar-refractivity contribution in [2.45, 2.75) is 26.1 Å². The Hall–Kier alpha value is -1.60. The van der Waals surface area contributed by atoms with Gasteiger partial charge in [-0.05, 0) is 24.3 Å². The first-order chi connectivity index (χ1) is 10.8. The molecule has 0 saturated carbocycles. The van der Waals surface area contributed by atoms with Crippen LogP contribution in [0.25, 0.3) is 0 Å². The summed E-state index contributed by atoms with van der Waals surface area (Å²) in [6, 6.07) is 7.37. The predicted molar refractivity (Wildman–Crippen MR) is 78.3 cm³/mol. The van der Waals surface area contributed by atoms with Crippen LogP contribution in [-0.4, -0.2) is 36.6 Å². The summed E-state index contributed by atoms with van der Waals surface area (Å²) in [5.41, 5.74) is 0. The van der Waals surface area contributed by atoms with Crippen LogP contribution in [0.5, 0.6) is 0 Å². The largest absolute Gasteiger partial charge is 0.464 e. The molecule has 0 aliphatic rings. The Morgan fingerprint density at radius 1 is 0.682 bits per heavy atom. The minimum atomic E-state index is 0.0778. The quantitative estimate of drug-likeness (QED) is 0.614. The average Bonchev–Trinajstić information content (AvgIpc) is 3.13. The number of hydrogen-bond donors (Lipinski definition) is 2. The van der Waals surface area contributed by atoms with Crippen molar-refractivity contribution < 1.29 is 28.5 Å². The summed E-state index contributed by atoms with van der Waals surface area (Å²) in [6.07, 6.45) is 1.04. The van der Waals surface area contributed by atoms with Gasteiger partial charge in [-0.2, -0.15) is 0 Å². The second-order valence-electron chi connectivity index (χ2n) is 4.79. The van der Waals surface area contributed by atoms with E-state index in [1.54, 1.807) is 0 Å². The smallest absolute Gasteiger partial charge is 0.129 e. The van der Waals surface area contributed by atoms with Gasteiger partial charge in [-0.1, -0.05) is 0 Å². The van der Waals surface area contributed by atoms with Crippen LogP contribution in [-0.2, 0) is 35.5 Å². The highest BCUT2D eigenvalue weighted by Crippen LogP contribution is 2.10. The number of aliphatic hydroxyl groups excluding tert-OH is 2. The third-order valence-electron chi connectivity index (χ3n) is 3.01. The summed E-state index contributed by atoms with van der Waals surface area (Å²) >= 11 is 0. The molecule has 2 aromatic rings. The number of ether oxygens (including phenoxy) is 2. The van der Waals surface area contributed by atoms with E-state index in [0.717, 1.165) is 23.0 Å². The summed E-state index contributed by atoms with van der Waals surface area (Å²) in [6.45, 7) is 1.84. The van der Waals surface area contributed by atoms with Crippen molar-refractivity contribution in [1.29, 1.82) is 0 Å². The predicted octanol–water partition coefficient (Wildman–Crippen LogP) is 1.68. The number of hydrogen-bond acceptors (Lipinski definition) is 6. The average molecular weight is 310 g/mol. The van der Waals surface area contributed by atoms with Gasteiger partial charge in [0.1, 0.15) is 36.3 Å². The van der Waals surface area contributed by atoms with Crippen molar-refractivity contribution in [2.24, 2.45) is 0 Å². The van der Waals surface area contributed by atoms with Gasteiger partial charge >= 0.3 is 0 Å². The van der Waals surface area contributed by atoms with Gasteiger partial charge in [0.15, 0.2) is 0 Å². The number of furan rings is 2. The lowest BCUT2D eigenvalue weighted by Crippen LogP contribution is -2.04. The third-order valence-corrected chi connectivity index (χ3v) is 3.01. The van der Waals surface area contributed by atoms with Crippen molar-refractivity contribution in [2.75, 3.05) is 26.4 Å². The molecule has 0 atom stereocenters.